The highest BCUT2D eigenvalue weighted by molar-refractivity contribution is 9.10. The number of nitrogens with one attached hydrogen (secondary N) is 1. The van der Waals surface area contributed by atoms with Gasteiger partial charge < -0.3 is 5.32 Å². The van der Waals surface area contributed by atoms with E-state index in [1.54, 1.807) is 7.05 Å². The van der Waals surface area contributed by atoms with Crippen molar-refractivity contribution in [3.63, 3.8) is 0 Å². The average molecular weight is 296 g/mol. The quantitative estimate of drug-likeness (QED) is 0.883. The Morgan fingerprint density at radius 2 is 2.06 bits per heavy atom. The molecule has 0 aliphatic heterocycles. The summed E-state index contributed by atoms with van der Waals surface area (Å²) in [5.41, 5.74) is 0.862. The van der Waals surface area contributed by atoms with E-state index in [1.807, 2.05) is 24.3 Å². The zero-order valence-electron chi connectivity index (χ0n) is 8.81. The molecule has 1 aromatic rings. The molecule has 0 aliphatic rings. The molecule has 1 N–H and O–H groups in total. The predicted octanol–water partition coefficient (Wildman–Crippen LogP) is 4.05. The summed E-state index contributed by atoms with van der Waals surface area (Å²) in [6.07, 6.45) is -4.82. The summed E-state index contributed by atoms with van der Waals surface area (Å²) < 4.78 is 37.2. The van der Waals surface area contributed by atoms with Crippen molar-refractivity contribution in [1.29, 1.82) is 0 Å². The number of hydrogen-bond acceptors (Lipinski definition) is 1. The van der Waals surface area contributed by atoms with Crippen molar-refractivity contribution >= 4 is 15.9 Å². The molecule has 0 saturated heterocycles. The zero-order valence-corrected chi connectivity index (χ0v) is 10.4. The first-order chi connectivity index (χ1) is 7.42. The van der Waals surface area contributed by atoms with Crippen LogP contribution in [0, 0.1) is 0 Å². The SMILES string of the molecule is CNC(CCC(F)(F)F)c1cccc(Br)c1. The Morgan fingerprint density at radius 1 is 1.38 bits per heavy atom. The van der Waals surface area contributed by atoms with Crippen molar-refractivity contribution in [2.75, 3.05) is 7.05 Å². The first kappa shape index (κ1) is 13.5. The van der Waals surface area contributed by atoms with Crippen LogP contribution in [0.4, 0.5) is 13.2 Å². The molecular formula is C11H13BrF3N. The van der Waals surface area contributed by atoms with Crippen LogP contribution >= 0.6 is 15.9 Å². The molecule has 5 heteroatoms. The molecule has 0 aliphatic carbocycles. The van der Waals surface area contributed by atoms with E-state index in [4.69, 9.17) is 0 Å². The fraction of sp³-hybridized carbons (Fsp3) is 0.455. The number of hydrogen-bond donors (Lipinski definition) is 1. The van der Waals surface area contributed by atoms with Gasteiger partial charge in [0.25, 0.3) is 0 Å². The minimum absolute atomic E-state index is 0.0520. The second-order valence-electron chi connectivity index (χ2n) is 3.55. The number of alkyl halides is 3. The minimum atomic E-state index is -4.10. The third-order valence-electron chi connectivity index (χ3n) is 2.32. The molecule has 1 unspecified atom stereocenters. The molecule has 0 spiro atoms. The molecule has 1 aromatic carbocycles. The summed E-state index contributed by atoms with van der Waals surface area (Å²) in [5.74, 6) is 0. The lowest BCUT2D eigenvalue weighted by molar-refractivity contribution is -0.136. The Kier molecular flexibility index (Phi) is 4.80. The second kappa shape index (κ2) is 5.68. The molecule has 1 atom stereocenters. The molecule has 0 saturated carbocycles. The Hall–Kier alpha value is -0.550. The monoisotopic (exact) mass is 295 g/mol. The van der Waals surface area contributed by atoms with Gasteiger partial charge in [0.15, 0.2) is 0 Å². The summed E-state index contributed by atoms with van der Waals surface area (Å²) in [4.78, 5) is 0. The maximum absolute atomic E-state index is 12.1. The van der Waals surface area contributed by atoms with Crippen LogP contribution in [-0.2, 0) is 0 Å². The van der Waals surface area contributed by atoms with E-state index >= 15 is 0 Å². The van der Waals surface area contributed by atoms with E-state index in [-0.39, 0.29) is 12.5 Å². The van der Waals surface area contributed by atoms with E-state index in [0.717, 1.165) is 10.0 Å². The third-order valence-corrected chi connectivity index (χ3v) is 2.81. The van der Waals surface area contributed by atoms with E-state index in [9.17, 15) is 13.2 Å². The summed E-state index contributed by atoms with van der Waals surface area (Å²) in [6, 6.07) is 7.05. The van der Waals surface area contributed by atoms with Crippen LogP contribution in [-0.4, -0.2) is 13.2 Å². The standard InChI is InChI=1S/C11H13BrF3N/c1-16-10(5-6-11(13,14)15)8-3-2-4-9(12)7-8/h2-4,7,10,16H,5-6H2,1H3. The van der Waals surface area contributed by atoms with Crippen molar-refractivity contribution in [1.82, 2.24) is 5.32 Å². The highest BCUT2D eigenvalue weighted by Gasteiger charge is 2.28. The normalized spacial score (nSPS) is 13.8. The summed E-state index contributed by atoms with van der Waals surface area (Å²) in [5, 5.41) is 2.90. The molecule has 0 aromatic heterocycles. The van der Waals surface area contributed by atoms with Gasteiger partial charge in [0, 0.05) is 16.9 Å². The van der Waals surface area contributed by atoms with Crippen LogP contribution < -0.4 is 5.32 Å². The van der Waals surface area contributed by atoms with Gasteiger partial charge >= 0.3 is 6.18 Å². The molecule has 0 heterocycles. The first-order valence-electron chi connectivity index (χ1n) is 4.92. The van der Waals surface area contributed by atoms with Crippen LogP contribution in [0.3, 0.4) is 0 Å². The number of benzene rings is 1. The van der Waals surface area contributed by atoms with Gasteiger partial charge in [-0.2, -0.15) is 13.2 Å². The summed E-state index contributed by atoms with van der Waals surface area (Å²) in [6.45, 7) is 0. The summed E-state index contributed by atoms with van der Waals surface area (Å²) >= 11 is 3.30. The number of rotatable bonds is 4. The molecule has 0 bridgehead atoms. The predicted molar refractivity (Wildman–Crippen MR) is 61.2 cm³/mol. The van der Waals surface area contributed by atoms with Gasteiger partial charge in [-0.25, -0.2) is 0 Å². The van der Waals surface area contributed by atoms with E-state index in [2.05, 4.69) is 21.2 Å². The van der Waals surface area contributed by atoms with Crippen molar-refractivity contribution in [2.24, 2.45) is 0 Å². The lowest BCUT2D eigenvalue weighted by Crippen LogP contribution is -2.19. The van der Waals surface area contributed by atoms with Crippen LogP contribution in [0.1, 0.15) is 24.4 Å². The molecule has 16 heavy (non-hydrogen) atoms. The Morgan fingerprint density at radius 3 is 2.56 bits per heavy atom. The molecule has 1 rings (SSSR count). The fourth-order valence-electron chi connectivity index (χ4n) is 1.51. The van der Waals surface area contributed by atoms with Gasteiger partial charge in [-0.15, -0.1) is 0 Å². The Balaban J connectivity index is 2.68. The summed E-state index contributed by atoms with van der Waals surface area (Å²) in [7, 11) is 1.67. The van der Waals surface area contributed by atoms with E-state index in [1.165, 1.54) is 0 Å². The van der Waals surface area contributed by atoms with Gasteiger partial charge in [-0.05, 0) is 31.2 Å². The maximum Gasteiger partial charge on any atom is 0.389 e. The third kappa shape index (κ3) is 4.53. The smallest absolute Gasteiger partial charge is 0.313 e. The molecule has 1 nitrogen and oxygen atoms in total. The molecule has 0 fully saturated rings. The highest BCUT2D eigenvalue weighted by atomic mass is 79.9. The zero-order chi connectivity index (χ0) is 12.2. The van der Waals surface area contributed by atoms with E-state index in [0.29, 0.717) is 0 Å². The van der Waals surface area contributed by atoms with Crippen molar-refractivity contribution in [3.8, 4) is 0 Å². The van der Waals surface area contributed by atoms with Gasteiger partial charge in [0.05, 0.1) is 0 Å². The van der Waals surface area contributed by atoms with Crippen LogP contribution in [0.2, 0.25) is 0 Å². The molecular weight excluding hydrogens is 283 g/mol. The van der Waals surface area contributed by atoms with Gasteiger partial charge in [-0.1, -0.05) is 28.1 Å². The fourth-order valence-corrected chi connectivity index (χ4v) is 1.93. The van der Waals surface area contributed by atoms with Gasteiger partial charge in [0.1, 0.15) is 0 Å². The van der Waals surface area contributed by atoms with Gasteiger partial charge in [0.2, 0.25) is 0 Å². The Labute approximate surface area is 101 Å². The topological polar surface area (TPSA) is 12.0 Å². The lowest BCUT2D eigenvalue weighted by Gasteiger charge is -2.17. The largest absolute Gasteiger partial charge is 0.389 e. The molecule has 90 valence electrons. The minimum Gasteiger partial charge on any atom is -0.313 e. The average Bonchev–Trinajstić information content (AvgIpc) is 2.17. The van der Waals surface area contributed by atoms with Gasteiger partial charge in [-0.3, -0.25) is 0 Å². The van der Waals surface area contributed by atoms with Crippen LogP contribution in [0.15, 0.2) is 28.7 Å². The van der Waals surface area contributed by atoms with E-state index < -0.39 is 12.6 Å². The van der Waals surface area contributed by atoms with Crippen molar-refractivity contribution in [3.05, 3.63) is 34.3 Å². The molecule has 0 amide bonds. The first-order valence-corrected chi connectivity index (χ1v) is 5.71. The maximum atomic E-state index is 12.1. The second-order valence-corrected chi connectivity index (χ2v) is 4.47. The van der Waals surface area contributed by atoms with Crippen LogP contribution in [0.25, 0.3) is 0 Å². The highest BCUT2D eigenvalue weighted by Crippen LogP contribution is 2.28. The van der Waals surface area contributed by atoms with Crippen molar-refractivity contribution < 1.29 is 13.2 Å². The van der Waals surface area contributed by atoms with Crippen LogP contribution in [0.5, 0.6) is 0 Å². The molecule has 0 radical (unpaired) electrons. The van der Waals surface area contributed by atoms with Crippen molar-refractivity contribution in [2.45, 2.75) is 25.1 Å². The lowest BCUT2D eigenvalue weighted by atomic mass is 10.0. The number of halogens is 4. The Bertz CT molecular complexity index is 338.